The van der Waals surface area contributed by atoms with Gasteiger partial charge in [0.15, 0.2) is 0 Å². The first kappa shape index (κ1) is 30.2. The van der Waals surface area contributed by atoms with Crippen molar-refractivity contribution in [1.29, 1.82) is 0 Å². The molecule has 208 valence electrons. The number of carbonyl (C=O) groups is 1. The van der Waals surface area contributed by atoms with Gasteiger partial charge >= 0.3 is 0 Å². The molecule has 1 fully saturated rings. The highest BCUT2D eigenvalue weighted by molar-refractivity contribution is 6.43. The number of rotatable bonds is 14. The molecule has 0 bridgehead atoms. The number of oxime groups is 1. The zero-order chi connectivity index (χ0) is 27.2. The summed E-state index contributed by atoms with van der Waals surface area (Å²) < 4.78 is 0. The van der Waals surface area contributed by atoms with Gasteiger partial charge in [-0.3, -0.25) is 4.79 Å². The fourth-order valence-electron chi connectivity index (χ4n) is 4.40. The minimum absolute atomic E-state index is 0.0255. The van der Waals surface area contributed by atoms with E-state index in [1.807, 2.05) is 30.3 Å². The minimum Gasteiger partial charge on any atom is -0.506 e. The third-order valence-electron chi connectivity index (χ3n) is 6.55. The van der Waals surface area contributed by atoms with Crippen LogP contribution in [0.15, 0.2) is 47.6 Å². The highest BCUT2D eigenvalue weighted by atomic mass is 35.5. The summed E-state index contributed by atoms with van der Waals surface area (Å²) in [5.41, 5.74) is 1.28. The number of carbonyl (C=O) groups excluding carboxylic acids is 1. The van der Waals surface area contributed by atoms with Crippen LogP contribution < -0.4 is 5.32 Å². The summed E-state index contributed by atoms with van der Waals surface area (Å²) in [4.78, 5) is 23.0. The molecule has 8 nitrogen and oxygen atoms in total. The van der Waals surface area contributed by atoms with Crippen LogP contribution in [-0.2, 0) is 4.84 Å². The number of phenolic OH excluding ortho intramolecular Hbond substituents is 1. The van der Waals surface area contributed by atoms with Crippen molar-refractivity contribution in [2.75, 3.05) is 52.4 Å². The van der Waals surface area contributed by atoms with Crippen LogP contribution in [-0.4, -0.2) is 90.7 Å². The molecular formula is C28H38Cl2N4O4. The zero-order valence-corrected chi connectivity index (χ0v) is 23.2. The maximum absolute atomic E-state index is 12.4. The molecule has 1 saturated heterocycles. The number of phenols is 1. The number of halogens is 2. The van der Waals surface area contributed by atoms with Crippen molar-refractivity contribution >= 4 is 35.3 Å². The van der Waals surface area contributed by atoms with Gasteiger partial charge in [0.05, 0.1) is 11.2 Å². The normalized spacial score (nSPS) is 15.9. The summed E-state index contributed by atoms with van der Waals surface area (Å²) in [5, 5.41) is 26.3. The summed E-state index contributed by atoms with van der Waals surface area (Å²) in [6.07, 6.45) is 5.95. The fourth-order valence-corrected chi connectivity index (χ4v) is 4.72. The molecule has 3 N–H and O–H groups in total. The van der Waals surface area contributed by atoms with E-state index in [1.165, 1.54) is 12.1 Å². The summed E-state index contributed by atoms with van der Waals surface area (Å²) in [5.74, 6) is -0.489. The summed E-state index contributed by atoms with van der Waals surface area (Å²) in [7, 11) is 0. The Kier molecular flexibility index (Phi) is 13.2. The molecule has 10 heteroatoms. The second-order valence-electron chi connectivity index (χ2n) is 9.46. The Morgan fingerprint density at radius 1 is 1.05 bits per heavy atom. The van der Waals surface area contributed by atoms with E-state index < -0.39 is 0 Å². The number of aliphatic hydroxyl groups is 1. The first-order valence-corrected chi connectivity index (χ1v) is 14.0. The molecule has 3 rings (SSSR count). The van der Waals surface area contributed by atoms with Crippen molar-refractivity contribution in [2.45, 2.75) is 38.2 Å². The number of hydrogen-bond acceptors (Lipinski definition) is 7. The van der Waals surface area contributed by atoms with Gasteiger partial charge in [-0.1, -0.05) is 58.7 Å². The molecular weight excluding hydrogens is 527 g/mol. The number of nitrogens with zero attached hydrogens (tertiary/aromatic N) is 3. The van der Waals surface area contributed by atoms with Crippen molar-refractivity contribution in [3.8, 4) is 5.75 Å². The Morgan fingerprint density at radius 3 is 2.50 bits per heavy atom. The zero-order valence-electron chi connectivity index (χ0n) is 21.7. The Balaban J connectivity index is 1.35. The Labute approximate surface area is 235 Å². The molecule has 1 heterocycles. The predicted octanol–water partition coefficient (Wildman–Crippen LogP) is 4.41. The maximum Gasteiger partial charge on any atom is 0.251 e. The van der Waals surface area contributed by atoms with E-state index in [0.717, 1.165) is 70.5 Å². The molecule has 1 unspecified atom stereocenters. The molecule has 1 atom stereocenters. The van der Waals surface area contributed by atoms with E-state index in [-0.39, 0.29) is 40.0 Å². The van der Waals surface area contributed by atoms with Gasteiger partial charge in [-0.05, 0) is 69.4 Å². The van der Waals surface area contributed by atoms with Crippen molar-refractivity contribution in [3.05, 3.63) is 63.6 Å². The van der Waals surface area contributed by atoms with E-state index >= 15 is 0 Å². The quantitative estimate of drug-likeness (QED) is 0.178. The third kappa shape index (κ3) is 10.4. The van der Waals surface area contributed by atoms with Crippen molar-refractivity contribution in [2.24, 2.45) is 5.16 Å². The third-order valence-corrected chi connectivity index (χ3v) is 7.34. The molecule has 2 aromatic carbocycles. The van der Waals surface area contributed by atoms with E-state index in [2.05, 4.69) is 20.3 Å². The Morgan fingerprint density at radius 2 is 1.79 bits per heavy atom. The highest BCUT2D eigenvalue weighted by Gasteiger charge is 2.18. The number of hydrogen-bond donors (Lipinski definition) is 3. The molecule has 1 aliphatic heterocycles. The number of aliphatic hydroxyl groups excluding tert-OH is 1. The molecule has 1 amide bonds. The van der Waals surface area contributed by atoms with Gasteiger partial charge in [-0.25, -0.2) is 0 Å². The lowest BCUT2D eigenvalue weighted by atomic mass is 10.1. The van der Waals surface area contributed by atoms with Gasteiger partial charge < -0.3 is 30.2 Å². The Hall–Kier alpha value is -2.36. The fraction of sp³-hybridized carbons (Fsp3) is 0.500. The monoisotopic (exact) mass is 564 g/mol. The van der Waals surface area contributed by atoms with Crippen LogP contribution in [0.25, 0.3) is 0 Å². The van der Waals surface area contributed by atoms with Crippen LogP contribution in [0.1, 0.15) is 48.0 Å². The van der Waals surface area contributed by atoms with E-state index in [1.54, 1.807) is 6.21 Å². The van der Waals surface area contributed by atoms with Crippen LogP contribution in [0.5, 0.6) is 5.75 Å². The second-order valence-corrected chi connectivity index (χ2v) is 10.2. The van der Waals surface area contributed by atoms with Gasteiger partial charge in [0.25, 0.3) is 5.91 Å². The average molecular weight is 566 g/mol. The molecule has 0 aliphatic carbocycles. The minimum atomic E-state index is -0.285. The standard InChI is InChI=1S/C28H38Cl2N4O4/c29-25-19-23(20-26(36)27(25)30)28(37)31-11-5-12-33-13-6-14-34(17-16-33)15-10-24(9-4-18-35)38-32-21-22-7-2-1-3-8-22/h1-3,7-8,19-21,24,35-36H,4-6,9-18H2,(H,31,37)/b32-21+. The van der Waals surface area contributed by atoms with Gasteiger partial charge in [0.2, 0.25) is 0 Å². The molecule has 1 aliphatic rings. The van der Waals surface area contributed by atoms with Crippen molar-refractivity contribution in [1.82, 2.24) is 15.1 Å². The molecule has 0 spiro atoms. The SMILES string of the molecule is O=C(NCCCN1CCCN(CCC(CCCO)O/N=C/c2ccccc2)CC1)c1cc(O)c(Cl)c(Cl)c1. The molecule has 0 aromatic heterocycles. The average Bonchev–Trinajstić information content (AvgIpc) is 3.16. The van der Waals surface area contributed by atoms with Crippen molar-refractivity contribution < 1.29 is 19.8 Å². The number of amides is 1. The summed E-state index contributed by atoms with van der Waals surface area (Å²) >= 11 is 11.8. The second kappa shape index (κ2) is 16.6. The number of nitrogens with one attached hydrogen (secondary N) is 1. The van der Waals surface area contributed by atoms with Gasteiger partial charge in [0.1, 0.15) is 16.9 Å². The van der Waals surface area contributed by atoms with Crippen LogP contribution in [0.3, 0.4) is 0 Å². The lowest BCUT2D eigenvalue weighted by molar-refractivity contribution is 0.0357. The molecule has 0 saturated carbocycles. The van der Waals surface area contributed by atoms with Crippen LogP contribution >= 0.6 is 23.2 Å². The smallest absolute Gasteiger partial charge is 0.251 e. The summed E-state index contributed by atoms with van der Waals surface area (Å²) in [6, 6.07) is 12.6. The van der Waals surface area contributed by atoms with Crippen LogP contribution in [0, 0.1) is 0 Å². The van der Waals surface area contributed by atoms with E-state index in [4.69, 9.17) is 28.0 Å². The lowest BCUT2D eigenvalue weighted by Crippen LogP contribution is -2.34. The van der Waals surface area contributed by atoms with Crippen LogP contribution in [0.2, 0.25) is 10.0 Å². The topological polar surface area (TPSA) is 97.6 Å². The summed E-state index contributed by atoms with van der Waals surface area (Å²) in [6.45, 7) is 6.53. The van der Waals surface area contributed by atoms with Gasteiger partial charge in [-0.15, -0.1) is 0 Å². The largest absolute Gasteiger partial charge is 0.506 e. The molecule has 2 aromatic rings. The molecule has 38 heavy (non-hydrogen) atoms. The van der Waals surface area contributed by atoms with E-state index in [9.17, 15) is 15.0 Å². The van der Waals surface area contributed by atoms with E-state index in [0.29, 0.717) is 13.0 Å². The van der Waals surface area contributed by atoms with Crippen LogP contribution in [0.4, 0.5) is 0 Å². The Bertz CT molecular complexity index is 1000. The number of aromatic hydroxyl groups is 1. The maximum atomic E-state index is 12.4. The first-order chi connectivity index (χ1) is 18.5. The van der Waals surface area contributed by atoms with Gasteiger partial charge in [0, 0.05) is 38.3 Å². The highest BCUT2D eigenvalue weighted by Crippen LogP contribution is 2.32. The first-order valence-electron chi connectivity index (χ1n) is 13.2. The predicted molar refractivity (Wildman–Crippen MR) is 152 cm³/mol. The van der Waals surface area contributed by atoms with Gasteiger partial charge in [-0.2, -0.15) is 0 Å². The lowest BCUT2D eigenvalue weighted by Gasteiger charge is -2.23. The van der Waals surface area contributed by atoms with Crippen molar-refractivity contribution in [3.63, 3.8) is 0 Å². The molecule has 0 radical (unpaired) electrons. The number of benzene rings is 2.